The van der Waals surface area contributed by atoms with Crippen molar-refractivity contribution in [3.05, 3.63) is 64.4 Å². The quantitative estimate of drug-likeness (QED) is 0.780. The smallest absolute Gasteiger partial charge is 0.257 e. The number of carbonyl (C=O) groups excluding carboxylic acids is 1. The van der Waals surface area contributed by atoms with Crippen molar-refractivity contribution >= 4 is 23.2 Å². The molecular formula is C17H14ClN3O2. The van der Waals surface area contributed by atoms with E-state index in [0.717, 1.165) is 11.1 Å². The number of aryl methyl sites for hydroxylation is 1. The molecule has 1 aromatic heterocycles. The van der Waals surface area contributed by atoms with Crippen molar-refractivity contribution in [3.63, 3.8) is 0 Å². The average Bonchev–Trinajstić information content (AvgIpc) is 2.98. The first kappa shape index (κ1) is 15.2. The first-order valence-electron chi connectivity index (χ1n) is 7.02. The van der Waals surface area contributed by atoms with Gasteiger partial charge in [-0.2, -0.15) is 4.98 Å². The van der Waals surface area contributed by atoms with E-state index in [9.17, 15) is 4.79 Å². The van der Waals surface area contributed by atoms with Gasteiger partial charge in [-0.25, -0.2) is 0 Å². The van der Waals surface area contributed by atoms with Crippen LogP contribution in [0.15, 0.2) is 47.0 Å². The fourth-order valence-electron chi connectivity index (χ4n) is 2.12. The molecule has 3 rings (SSSR count). The molecule has 1 N–H and O–H groups in total. The van der Waals surface area contributed by atoms with Crippen LogP contribution in [0.1, 0.15) is 21.7 Å². The molecule has 0 saturated heterocycles. The van der Waals surface area contributed by atoms with Crippen LogP contribution in [0.4, 0.5) is 5.69 Å². The predicted molar refractivity (Wildman–Crippen MR) is 88.6 cm³/mol. The molecule has 0 aliphatic rings. The summed E-state index contributed by atoms with van der Waals surface area (Å²) in [4.78, 5) is 16.5. The van der Waals surface area contributed by atoms with Gasteiger partial charge in [0.2, 0.25) is 0 Å². The van der Waals surface area contributed by atoms with E-state index in [2.05, 4.69) is 15.5 Å². The molecular weight excluding hydrogens is 314 g/mol. The summed E-state index contributed by atoms with van der Waals surface area (Å²) in [5, 5.41) is 7.22. The Morgan fingerprint density at radius 3 is 2.52 bits per heavy atom. The third-order valence-electron chi connectivity index (χ3n) is 3.44. The van der Waals surface area contributed by atoms with E-state index in [1.807, 2.05) is 13.0 Å². The van der Waals surface area contributed by atoms with E-state index in [0.29, 0.717) is 28.0 Å². The summed E-state index contributed by atoms with van der Waals surface area (Å²) >= 11 is 6.06. The molecule has 1 amide bonds. The molecule has 0 spiro atoms. The maximum Gasteiger partial charge on any atom is 0.257 e. The van der Waals surface area contributed by atoms with E-state index in [-0.39, 0.29) is 5.91 Å². The minimum atomic E-state index is -0.205. The number of benzene rings is 2. The lowest BCUT2D eigenvalue weighted by Gasteiger charge is -2.09. The standard InChI is InChI=1S/C17H14ClN3O2/c1-10-14(18)4-3-5-15(10)20-16(22)12-6-8-13(9-7-12)17-19-11(2)21-23-17/h3-9H,1-2H3,(H,20,22). The molecule has 0 unspecified atom stereocenters. The summed E-state index contributed by atoms with van der Waals surface area (Å²) in [6.45, 7) is 3.61. The maximum absolute atomic E-state index is 12.3. The SMILES string of the molecule is Cc1noc(-c2ccc(C(=O)Nc3cccc(Cl)c3C)cc2)n1. The molecule has 0 aliphatic heterocycles. The summed E-state index contributed by atoms with van der Waals surface area (Å²) in [6, 6.07) is 12.4. The van der Waals surface area contributed by atoms with Crippen LogP contribution in [-0.4, -0.2) is 16.0 Å². The van der Waals surface area contributed by atoms with Crippen molar-refractivity contribution in [2.75, 3.05) is 5.32 Å². The second-order valence-electron chi connectivity index (χ2n) is 5.09. The summed E-state index contributed by atoms with van der Waals surface area (Å²) in [5.74, 6) is 0.794. The molecule has 0 atom stereocenters. The van der Waals surface area contributed by atoms with Gasteiger partial charge in [0, 0.05) is 21.8 Å². The van der Waals surface area contributed by atoms with Gasteiger partial charge in [0.25, 0.3) is 11.8 Å². The highest BCUT2D eigenvalue weighted by Gasteiger charge is 2.11. The number of nitrogens with one attached hydrogen (secondary N) is 1. The van der Waals surface area contributed by atoms with Gasteiger partial charge in [-0.05, 0) is 55.8 Å². The van der Waals surface area contributed by atoms with Crippen LogP contribution in [0, 0.1) is 13.8 Å². The molecule has 0 radical (unpaired) electrons. The molecule has 0 fully saturated rings. The highest BCUT2D eigenvalue weighted by atomic mass is 35.5. The minimum absolute atomic E-state index is 0.205. The number of carbonyl (C=O) groups is 1. The number of hydrogen-bond acceptors (Lipinski definition) is 4. The first-order chi connectivity index (χ1) is 11.0. The van der Waals surface area contributed by atoms with Crippen LogP contribution in [0.2, 0.25) is 5.02 Å². The number of nitrogens with zero attached hydrogens (tertiary/aromatic N) is 2. The molecule has 0 saturated carbocycles. The molecule has 6 heteroatoms. The van der Waals surface area contributed by atoms with E-state index in [4.69, 9.17) is 16.1 Å². The van der Waals surface area contributed by atoms with Crippen LogP contribution >= 0.6 is 11.6 Å². The van der Waals surface area contributed by atoms with Gasteiger partial charge in [-0.1, -0.05) is 22.8 Å². The molecule has 0 bridgehead atoms. The molecule has 5 nitrogen and oxygen atoms in total. The van der Waals surface area contributed by atoms with Gasteiger partial charge in [0.1, 0.15) is 0 Å². The Balaban J connectivity index is 1.79. The zero-order chi connectivity index (χ0) is 16.4. The highest BCUT2D eigenvalue weighted by Crippen LogP contribution is 2.24. The van der Waals surface area contributed by atoms with E-state index >= 15 is 0 Å². The van der Waals surface area contributed by atoms with Gasteiger partial charge in [0.05, 0.1) is 0 Å². The van der Waals surface area contributed by atoms with Crippen LogP contribution in [0.5, 0.6) is 0 Å². The molecule has 116 valence electrons. The average molecular weight is 328 g/mol. The Bertz CT molecular complexity index is 857. The van der Waals surface area contributed by atoms with Crippen molar-refractivity contribution in [1.29, 1.82) is 0 Å². The Labute approximate surface area is 138 Å². The van der Waals surface area contributed by atoms with Crippen LogP contribution in [0.25, 0.3) is 11.5 Å². The van der Waals surface area contributed by atoms with Crippen molar-refractivity contribution < 1.29 is 9.32 Å². The number of halogens is 1. The third-order valence-corrected chi connectivity index (χ3v) is 3.85. The highest BCUT2D eigenvalue weighted by molar-refractivity contribution is 6.31. The minimum Gasteiger partial charge on any atom is -0.334 e. The Kier molecular flexibility index (Phi) is 4.12. The molecule has 2 aromatic carbocycles. The Hall–Kier alpha value is -2.66. The lowest BCUT2D eigenvalue weighted by molar-refractivity contribution is 0.102. The van der Waals surface area contributed by atoms with Crippen molar-refractivity contribution in [3.8, 4) is 11.5 Å². The lowest BCUT2D eigenvalue weighted by Crippen LogP contribution is -2.12. The molecule has 1 heterocycles. The van der Waals surface area contributed by atoms with Gasteiger partial charge >= 0.3 is 0 Å². The van der Waals surface area contributed by atoms with E-state index in [1.165, 1.54) is 0 Å². The number of rotatable bonds is 3. The summed E-state index contributed by atoms with van der Waals surface area (Å²) < 4.78 is 5.10. The topological polar surface area (TPSA) is 68.0 Å². The maximum atomic E-state index is 12.3. The largest absolute Gasteiger partial charge is 0.334 e. The summed E-state index contributed by atoms with van der Waals surface area (Å²) in [6.07, 6.45) is 0. The van der Waals surface area contributed by atoms with Crippen LogP contribution in [0.3, 0.4) is 0 Å². The third kappa shape index (κ3) is 3.24. The lowest BCUT2D eigenvalue weighted by atomic mass is 10.1. The van der Waals surface area contributed by atoms with Gasteiger partial charge in [0.15, 0.2) is 5.82 Å². The summed E-state index contributed by atoms with van der Waals surface area (Å²) in [7, 11) is 0. The van der Waals surface area contributed by atoms with Crippen LogP contribution < -0.4 is 5.32 Å². The molecule has 23 heavy (non-hydrogen) atoms. The number of hydrogen-bond donors (Lipinski definition) is 1. The van der Waals surface area contributed by atoms with Gasteiger partial charge < -0.3 is 9.84 Å². The molecule has 3 aromatic rings. The Morgan fingerprint density at radius 2 is 1.87 bits per heavy atom. The second kappa shape index (κ2) is 6.22. The van der Waals surface area contributed by atoms with E-state index < -0.39 is 0 Å². The van der Waals surface area contributed by atoms with Crippen molar-refractivity contribution in [2.24, 2.45) is 0 Å². The monoisotopic (exact) mass is 327 g/mol. The molecule has 0 aliphatic carbocycles. The fourth-order valence-corrected chi connectivity index (χ4v) is 2.29. The van der Waals surface area contributed by atoms with Crippen molar-refractivity contribution in [2.45, 2.75) is 13.8 Å². The van der Waals surface area contributed by atoms with Crippen molar-refractivity contribution in [1.82, 2.24) is 10.1 Å². The van der Waals surface area contributed by atoms with E-state index in [1.54, 1.807) is 43.3 Å². The first-order valence-corrected chi connectivity index (χ1v) is 7.39. The van der Waals surface area contributed by atoms with Crippen LogP contribution in [-0.2, 0) is 0 Å². The zero-order valence-corrected chi connectivity index (χ0v) is 13.4. The second-order valence-corrected chi connectivity index (χ2v) is 5.50. The zero-order valence-electron chi connectivity index (χ0n) is 12.6. The predicted octanol–water partition coefficient (Wildman–Crippen LogP) is 4.26. The summed E-state index contributed by atoms with van der Waals surface area (Å²) in [5.41, 5.74) is 2.82. The number of amides is 1. The normalized spacial score (nSPS) is 10.6. The van der Waals surface area contributed by atoms with Gasteiger partial charge in [-0.3, -0.25) is 4.79 Å². The number of anilines is 1. The van der Waals surface area contributed by atoms with Gasteiger partial charge in [-0.15, -0.1) is 0 Å². The number of aromatic nitrogens is 2. The fraction of sp³-hybridized carbons (Fsp3) is 0.118. The Morgan fingerprint density at radius 1 is 1.13 bits per heavy atom.